The van der Waals surface area contributed by atoms with Crippen molar-refractivity contribution in [2.75, 3.05) is 42.9 Å². The normalized spacial score (nSPS) is 22.1. The van der Waals surface area contributed by atoms with Crippen molar-refractivity contribution in [1.29, 1.82) is 0 Å². The van der Waals surface area contributed by atoms with E-state index in [1.807, 2.05) is 0 Å². The van der Waals surface area contributed by atoms with Gasteiger partial charge in [-0.2, -0.15) is 0 Å². The Morgan fingerprint density at radius 3 is 2.58 bits per heavy atom. The molecule has 0 aliphatic carbocycles. The number of nitrogens with zero attached hydrogens (tertiary/aromatic N) is 6. The fourth-order valence-corrected chi connectivity index (χ4v) is 5.59. The summed E-state index contributed by atoms with van der Waals surface area (Å²) >= 11 is 0. The highest BCUT2D eigenvalue weighted by Crippen LogP contribution is 2.38. The number of aromatic nitrogens is 4. The van der Waals surface area contributed by atoms with Crippen molar-refractivity contribution in [3.63, 3.8) is 0 Å². The van der Waals surface area contributed by atoms with E-state index >= 15 is 0 Å². The number of rotatable bonds is 6. The molecule has 2 saturated heterocycles. The van der Waals surface area contributed by atoms with Crippen LogP contribution in [0.1, 0.15) is 87.7 Å². The Kier molecular flexibility index (Phi) is 6.36. The van der Waals surface area contributed by atoms with E-state index in [1.165, 1.54) is 37.4 Å². The molecule has 5 heterocycles. The number of likely N-dealkylation sites (tertiary alicyclic amines) is 1. The average molecular weight is 452 g/mol. The van der Waals surface area contributed by atoms with E-state index < -0.39 is 0 Å². The monoisotopic (exact) mass is 451 g/mol. The van der Waals surface area contributed by atoms with Crippen LogP contribution in [0.2, 0.25) is 0 Å². The van der Waals surface area contributed by atoms with Gasteiger partial charge in [0.1, 0.15) is 23.8 Å². The summed E-state index contributed by atoms with van der Waals surface area (Å²) in [5.74, 6) is 4.04. The van der Waals surface area contributed by atoms with Crippen molar-refractivity contribution in [2.45, 2.75) is 77.2 Å². The number of anilines is 2. The third-order valence-electron chi connectivity index (χ3n) is 7.54. The van der Waals surface area contributed by atoms with Gasteiger partial charge in [-0.15, -0.1) is 0 Å². The maximum Gasteiger partial charge on any atom is 0.226 e. The molecule has 2 aromatic rings. The lowest BCUT2D eigenvalue weighted by Gasteiger charge is -2.35. The number of nitrogens with one attached hydrogen (secondary N) is 1. The van der Waals surface area contributed by atoms with Gasteiger partial charge in [-0.3, -0.25) is 4.79 Å². The summed E-state index contributed by atoms with van der Waals surface area (Å²) in [4.78, 5) is 31.0. The molecule has 8 nitrogen and oxygen atoms in total. The summed E-state index contributed by atoms with van der Waals surface area (Å²) in [6, 6.07) is 0. The molecule has 0 unspecified atom stereocenters. The van der Waals surface area contributed by atoms with Crippen LogP contribution in [0, 0.1) is 0 Å². The Labute approximate surface area is 196 Å². The van der Waals surface area contributed by atoms with Crippen molar-refractivity contribution >= 4 is 17.5 Å². The maximum atomic E-state index is 11.9. The average Bonchev–Trinajstić information content (AvgIpc) is 3.47. The Morgan fingerprint density at radius 1 is 1.09 bits per heavy atom. The Balaban J connectivity index is 1.30. The number of imidazole rings is 1. The first-order valence-electron chi connectivity index (χ1n) is 12.7. The van der Waals surface area contributed by atoms with Crippen molar-refractivity contribution < 1.29 is 4.79 Å². The van der Waals surface area contributed by atoms with E-state index in [-0.39, 0.29) is 11.8 Å². The fraction of sp³-hybridized carbons (Fsp3) is 0.680. The molecule has 0 bridgehead atoms. The van der Waals surface area contributed by atoms with Crippen LogP contribution >= 0.6 is 0 Å². The number of fused-ring (bicyclic) bond motifs is 1. The molecule has 1 atom stereocenters. The highest BCUT2D eigenvalue weighted by molar-refractivity contribution is 5.94. The summed E-state index contributed by atoms with van der Waals surface area (Å²) in [5, 5.41) is 2.93. The van der Waals surface area contributed by atoms with E-state index in [9.17, 15) is 4.79 Å². The van der Waals surface area contributed by atoms with Crippen molar-refractivity contribution in [3.8, 4) is 0 Å². The summed E-state index contributed by atoms with van der Waals surface area (Å²) in [5.41, 5.74) is 2.30. The lowest BCUT2D eigenvalue weighted by Crippen LogP contribution is -2.36. The quantitative estimate of drug-likeness (QED) is 0.721. The van der Waals surface area contributed by atoms with Gasteiger partial charge in [-0.25, -0.2) is 15.0 Å². The third kappa shape index (κ3) is 4.63. The molecule has 0 spiro atoms. The highest BCUT2D eigenvalue weighted by atomic mass is 16.1. The van der Waals surface area contributed by atoms with Gasteiger partial charge in [0.15, 0.2) is 0 Å². The zero-order valence-electron chi connectivity index (χ0n) is 20.3. The standard InChI is InChI=1S/C25H37N7O/c1-17(2)20-15-32(13-12-30-8-4-5-9-30)24(28-20)19-6-10-31(11-7-19)25-22-18(3)14-21(33)29-23(22)26-16-27-25/h15-19H,4-14H2,1-3H3,(H,26,27,29,33)/t18-/m1/s1. The first-order chi connectivity index (χ1) is 16.0. The van der Waals surface area contributed by atoms with Gasteiger partial charge in [0, 0.05) is 50.3 Å². The van der Waals surface area contributed by atoms with Crippen molar-refractivity contribution in [2.24, 2.45) is 0 Å². The second-order valence-electron chi connectivity index (χ2n) is 10.3. The zero-order valence-corrected chi connectivity index (χ0v) is 20.3. The summed E-state index contributed by atoms with van der Waals surface area (Å²) in [6.07, 6.45) is 9.18. The lowest BCUT2D eigenvalue weighted by atomic mass is 9.92. The van der Waals surface area contributed by atoms with Crippen LogP contribution in [0.3, 0.4) is 0 Å². The van der Waals surface area contributed by atoms with Crippen molar-refractivity contribution in [3.05, 3.63) is 29.6 Å². The molecule has 1 amide bonds. The first kappa shape index (κ1) is 22.3. The predicted octanol–water partition coefficient (Wildman–Crippen LogP) is 3.72. The second-order valence-corrected chi connectivity index (χ2v) is 10.3. The smallest absolute Gasteiger partial charge is 0.226 e. The molecule has 1 N–H and O–H groups in total. The van der Waals surface area contributed by atoms with Crippen LogP contribution in [-0.2, 0) is 11.3 Å². The fourth-order valence-electron chi connectivity index (χ4n) is 5.59. The Morgan fingerprint density at radius 2 is 1.85 bits per heavy atom. The molecule has 8 heteroatoms. The number of hydrogen-bond acceptors (Lipinski definition) is 6. The van der Waals surface area contributed by atoms with Gasteiger partial charge in [-0.1, -0.05) is 20.8 Å². The van der Waals surface area contributed by atoms with Crippen LogP contribution in [0.25, 0.3) is 0 Å². The molecule has 2 aromatic heterocycles. The number of piperidine rings is 1. The molecule has 0 saturated carbocycles. The molecular formula is C25H37N7O. The second kappa shape index (κ2) is 9.41. The predicted molar refractivity (Wildman–Crippen MR) is 130 cm³/mol. The topological polar surface area (TPSA) is 79.2 Å². The van der Waals surface area contributed by atoms with Gasteiger partial charge in [0.05, 0.1) is 5.69 Å². The molecule has 33 heavy (non-hydrogen) atoms. The molecule has 3 aliphatic heterocycles. The summed E-state index contributed by atoms with van der Waals surface area (Å²) in [6.45, 7) is 13.1. The van der Waals surface area contributed by atoms with Gasteiger partial charge in [-0.05, 0) is 50.6 Å². The Hall–Kier alpha value is -2.48. The summed E-state index contributed by atoms with van der Waals surface area (Å²) < 4.78 is 2.44. The number of carbonyl (C=O) groups is 1. The highest BCUT2D eigenvalue weighted by Gasteiger charge is 2.31. The van der Waals surface area contributed by atoms with Gasteiger partial charge in [0.25, 0.3) is 0 Å². The van der Waals surface area contributed by atoms with Crippen LogP contribution < -0.4 is 10.2 Å². The first-order valence-corrected chi connectivity index (χ1v) is 12.7. The number of carbonyl (C=O) groups excluding carboxylic acids is 1. The minimum absolute atomic E-state index is 0.0417. The van der Waals surface area contributed by atoms with E-state index in [0.29, 0.717) is 24.1 Å². The van der Waals surface area contributed by atoms with Gasteiger partial charge < -0.3 is 19.7 Å². The van der Waals surface area contributed by atoms with E-state index in [4.69, 9.17) is 4.98 Å². The van der Waals surface area contributed by atoms with Crippen LogP contribution in [0.15, 0.2) is 12.5 Å². The summed E-state index contributed by atoms with van der Waals surface area (Å²) in [7, 11) is 0. The zero-order chi connectivity index (χ0) is 22.9. The SMILES string of the molecule is CC(C)c1cn(CCN2CCCC2)c(C2CCN(c3ncnc4c3[C@H](C)CC(=O)N4)CC2)n1. The molecule has 2 fully saturated rings. The Bertz CT molecular complexity index is 987. The molecular weight excluding hydrogens is 414 g/mol. The lowest BCUT2D eigenvalue weighted by molar-refractivity contribution is -0.116. The number of hydrogen-bond donors (Lipinski definition) is 1. The maximum absolute atomic E-state index is 11.9. The largest absolute Gasteiger partial charge is 0.356 e. The minimum Gasteiger partial charge on any atom is -0.356 e. The van der Waals surface area contributed by atoms with E-state index in [1.54, 1.807) is 6.33 Å². The number of amides is 1. The van der Waals surface area contributed by atoms with Crippen molar-refractivity contribution in [1.82, 2.24) is 24.4 Å². The van der Waals surface area contributed by atoms with Gasteiger partial charge >= 0.3 is 0 Å². The van der Waals surface area contributed by atoms with Gasteiger partial charge in [0.2, 0.25) is 5.91 Å². The van der Waals surface area contributed by atoms with Crippen LogP contribution in [-0.4, -0.2) is 63.0 Å². The van der Waals surface area contributed by atoms with E-state index in [0.717, 1.165) is 50.4 Å². The molecule has 0 aromatic carbocycles. The van der Waals surface area contributed by atoms with Crippen LogP contribution in [0.5, 0.6) is 0 Å². The minimum atomic E-state index is 0.0417. The molecule has 0 radical (unpaired) electrons. The van der Waals surface area contributed by atoms with Crippen LogP contribution in [0.4, 0.5) is 11.6 Å². The molecule has 178 valence electrons. The van der Waals surface area contributed by atoms with E-state index in [2.05, 4.69) is 56.6 Å². The molecule has 5 rings (SSSR count). The third-order valence-corrected chi connectivity index (χ3v) is 7.54. The molecule has 3 aliphatic rings.